The van der Waals surface area contributed by atoms with E-state index in [0.717, 1.165) is 12.1 Å². The number of amides is 2. The maximum Gasteiger partial charge on any atom is 0.248 e. The Labute approximate surface area is 166 Å². The number of hydrogen-bond donors (Lipinski definition) is 3. The molecule has 154 valence electrons. The first-order chi connectivity index (χ1) is 13.6. The predicted molar refractivity (Wildman–Crippen MR) is 106 cm³/mol. The summed E-state index contributed by atoms with van der Waals surface area (Å²) in [5.41, 5.74) is 0.160. The van der Waals surface area contributed by atoms with E-state index in [1.807, 2.05) is 37.3 Å². The van der Waals surface area contributed by atoms with Gasteiger partial charge in [-0.3, -0.25) is 9.59 Å². The molecule has 2 amide bonds. The minimum atomic E-state index is -0.772. The number of nitrogens with zero attached hydrogens (tertiary/aromatic N) is 1. The predicted octanol–water partition coefficient (Wildman–Crippen LogP) is 0.627. The molecule has 3 N–H and O–H groups in total. The Kier molecular flexibility index (Phi) is 7.04. The number of hydrogen-bond acceptors (Lipinski definition) is 5. The van der Waals surface area contributed by atoms with Crippen LogP contribution in [-0.4, -0.2) is 67.3 Å². The van der Waals surface area contributed by atoms with Gasteiger partial charge in [-0.25, -0.2) is 0 Å². The summed E-state index contributed by atoms with van der Waals surface area (Å²) in [6, 6.07) is 9.72. The van der Waals surface area contributed by atoms with Gasteiger partial charge in [-0.1, -0.05) is 30.3 Å². The fraction of sp³-hybridized carbons (Fsp3) is 0.619. The normalized spacial score (nSPS) is 26.1. The Hall–Kier alpha value is -1.96. The van der Waals surface area contributed by atoms with E-state index in [-0.39, 0.29) is 24.3 Å². The lowest BCUT2D eigenvalue weighted by molar-refractivity contribution is -0.140. The van der Waals surface area contributed by atoms with Crippen LogP contribution in [0.2, 0.25) is 0 Å². The molecule has 0 spiro atoms. The van der Waals surface area contributed by atoms with E-state index in [4.69, 9.17) is 4.74 Å². The van der Waals surface area contributed by atoms with Gasteiger partial charge in [0.2, 0.25) is 11.8 Å². The third-order valence-corrected chi connectivity index (χ3v) is 5.89. The van der Waals surface area contributed by atoms with Crippen molar-refractivity contribution in [2.75, 3.05) is 39.4 Å². The van der Waals surface area contributed by atoms with Crippen molar-refractivity contribution in [3.8, 4) is 0 Å². The Balaban J connectivity index is 1.65. The molecule has 1 aromatic carbocycles. The fourth-order valence-corrected chi connectivity index (χ4v) is 4.15. The minimum Gasteiger partial charge on any atom is -0.389 e. The molecule has 7 nitrogen and oxygen atoms in total. The quantitative estimate of drug-likeness (QED) is 0.664. The summed E-state index contributed by atoms with van der Waals surface area (Å²) in [5.74, 6) is -0.212. The van der Waals surface area contributed by atoms with Gasteiger partial charge in [-0.05, 0) is 38.3 Å². The van der Waals surface area contributed by atoms with Crippen molar-refractivity contribution in [2.24, 2.45) is 5.92 Å². The highest BCUT2D eigenvalue weighted by Crippen LogP contribution is 2.32. The lowest BCUT2D eigenvalue weighted by Crippen LogP contribution is -2.62. The highest BCUT2D eigenvalue weighted by atomic mass is 16.5. The lowest BCUT2D eigenvalue weighted by atomic mass is 9.78. The zero-order chi connectivity index (χ0) is 20.0. The zero-order valence-electron chi connectivity index (χ0n) is 16.5. The van der Waals surface area contributed by atoms with Gasteiger partial charge >= 0.3 is 0 Å². The van der Waals surface area contributed by atoms with Crippen molar-refractivity contribution in [2.45, 2.75) is 37.8 Å². The largest absolute Gasteiger partial charge is 0.389 e. The second-order valence-corrected chi connectivity index (χ2v) is 7.59. The van der Waals surface area contributed by atoms with Crippen LogP contribution in [0.5, 0.6) is 0 Å². The standard InChI is InChI=1S/C21H31N3O4/c1-2-28-15-19(26)24-12-8-16(9-13-24)20(27)23-21(10-11-22-14-18(21)25)17-6-4-3-5-7-17/h3-7,16,18,22,25H,2,8-15H2,1H3,(H,23,27)/t18-,21-/m1/s1. The highest BCUT2D eigenvalue weighted by Gasteiger charge is 2.44. The molecule has 0 unspecified atom stereocenters. The van der Waals surface area contributed by atoms with Crippen LogP contribution >= 0.6 is 0 Å². The Morgan fingerprint density at radius 2 is 2.00 bits per heavy atom. The van der Waals surface area contributed by atoms with Crippen LogP contribution in [-0.2, 0) is 19.9 Å². The van der Waals surface area contributed by atoms with E-state index < -0.39 is 11.6 Å². The van der Waals surface area contributed by atoms with Crippen LogP contribution in [0.4, 0.5) is 0 Å². The van der Waals surface area contributed by atoms with Gasteiger partial charge in [0, 0.05) is 32.2 Å². The summed E-state index contributed by atoms with van der Waals surface area (Å²) in [6.45, 7) is 4.78. The van der Waals surface area contributed by atoms with E-state index >= 15 is 0 Å². The number of β-amino-alcohol motifs (C(OH)–C–C–N with tert-alkyl or cyclic N) is 1. The third-order valence-electron chi connectivity index (χ3n) is 5.89. The monoisotopic (exact) mass is 389 g/mol. The van der Waals surface area contributed by atoms with Crippen LogP contribution < -0.4 is 10.6 Å². The van der Waals surface area contributed by atoms with Gasteiger partial charge < -0.3 is 25.4 Å². The van der Waals surface area contributed by atoms with E-state index in [9.17, 15) is 14.7 Å². The Morgan fingerprint density at radius 3 is 2.64 bits per heavy atom. The molecule has 0 radical (unpaired) electrons. The summed E-state index contributed by atoms with van der Waals surface area (Å²) in [7, 11) is 0. The third kappa shape index (κ3) is 4.54. The molecular formula is C21H31N3O4. The molecule has 2 atom stereocenters. The number of benzene rings is 1. The van der Waals surface area contributed by atoms with Gasteiger partial charge in [-0.15, -0.1) is 0 Å². The molecule has 2 aliphatic rings. The molecule has 2 fully saturated rings. The second-order valence-electron chi connectivity index (χ2n) is 7.59. The van der Waals surface area contributed by atoms with E-state index in [1.165, 1.54) is 0 Å². The van der Waals surface area contributed by atoms with Crippen LogP contribution in [0.1, 0.15) is 31.7 Å². The summed E-state index contributed by atoms with van der Waals surface area (Å²) in [6.07, 6.45) is 1.20. The fourth-order valence-electron chi connectivity index (χ4n) is 4.15. The summed E-state index contributed by atoms with van der Waals surface area (Å²) in [4.78, 5) is 26.9. The second kappa shape index (κ2) is 9.49. The highest BCUT2D eigenvalue weighted by molar-refractivity contribution is 5.81. The molecule has 0 aliphatic carbocycles. The first-order valence-electron chi connectivity index (χ1n) is 10.2. The van der Waals surface area contributed by atoms with E-state index in [0.29, 0.717) is 45.5 Å². The first-order valence-corrected chi connectivity index (χ1v) is 10.2. The van der Waals surface area contributed by atoms with Gasteiger partial charge in [0.25, 0.3) is 0 Å². The van der Waals surface area contributed by atoms with Crippen LogP contribution in [0, 0.1) is 5.92 Å². The van der Waals surface area contributed by atoms with Gasteiger partial charge in [0.15, 0.2) is 0 Å². The van der Waals surface area contributed by atoms with Crippen molar-refractivity contribution in [3.05, 3.63) is 35.9 Å². The number of likely N-dealkylation sites (tertiary alicyclic amines) is 1. The first kappa shape index (κ1) is 20.8. The van der Waals surface area contributed by atoms with Crippen molar-refractivity contribution in [1.29, 1.82) is 0 Å². The molecule has 2 heterocycles. The maximum atomic E-state index is 13.1. The molecule has 0 bridgehead atoms. The molecule has 2 saturated heterocycles. The number of aliphatic hydroxyl groups is 1. The van der Waals surface area contributed by atoms with Crippen molar-refractivity contribution >= 4 is 11.8 Å². The summed E-state index contributed by atoms with van der Waals surface area (Å²) >= 11 is 0. The number of nitrogens with one attached hydrogen (secondary N) is 2. The number of rotatable bonds is 6. The van der Waals surface area contributed by atoms with Gasteiger partial charge in [0.1, 0.15) is 6.61 Å². The number of piperidine rings is 2. The van der Waals surface area contributed by atoms with Crippen molar-refractivity contribution < 1.29 is 19.4 Å². The van der Waals surface area contributed by atoms with E-state index in [1.54, 1.807) is 4.90 Å². The van der Waals surface area contributed by atoms with Crippen molar-refractivity contribution in [3.63, 3.8) is 0 Å². The van der Waals surface area contributed by atoms with Crippen LogP contribution in [0.3, 0.4) is 0 Å². The van der Waals surface area contributed by atoms with E-state index in [2.05, 4.69) is 10.6 Å². The number of ether oxygens (including phenoxy) is 1. The molecule has 0 aromatic heterocycles. The molecule has 7 heteroatoms. The van der Waals surface area contributed by atoms with Crippen molar-refractivity contribution in [1.82, 2.24) is 15.5 Å². The molecule has 0 saturated carbocycles. The lowest BCUT2D eigenvalue weighted by Gasteiger charge is -2.44. The van der Waals surface area contributed by atoms with Crippen LogP contribution in [0.15, 0.2) is 30.3 Å². The number of aliphatic hydroxyl groups excluding tert-OH is 1. The minimum absolute atomic E-state index is 0.0183. The Morgan fingerprint density at radius 1 is 1.29 bits per heavy atom. The number of carbonyl (C=O) groups excluding carboxylic acids is 2. The number of carbonyl (C=O) groups is 2. The summed E-state index contributed by atoms with van der Waals surface area (Å²) < 4.78 is 5.19. The average molecular weight is 389 g/mol. The van der Waals surface area contributed by atoms with Gasteiger partial charge in [0.05, 0.1) is 11.6 Å². The average Bonchev–Trinajstić information content (AvgIpc) is 2.74. The van der Waals surface area contributed by atoms with Gasteiger partial charge in [-0.2, -0.15) is 0 Å². The SMILES string of the molecule is CCOCC(=O)N1CCC(C(=O)N[C@@]2(c3ccccc3)CCNC[C@H]2O)CC1. The molecule has 1 aromatic rings. The summed E-state index contributed by atoms with van der Waals surface area (Å²) in [5, 5.41) is 17.2. The van der Waals surface area contributed by atoms with Crippen LogP contribution in [0.25, 0.3) is 0 Å². The topological polar surface area (TPSA) is 90.9 Å². The maximum absolute atomic E-state index is 13.1. The molecule has 2 aliphatic heterocycles. The molecule has 28 heavy (non-hydrogen) atoms. The smallest absolute Gasteiger partial charge is 0.248 e. The molecular weight excluding hydrogens is 358 g/mol. The Bertz CT molecular complexity index is 661. The molecule has 3 rings (SSSR count). The zero-order valence-corrected chi connectivity index (χ0v) is 16.5.